The third kappa shape index (κ3) is 3.27. The molecule has 3 nitrogen and oxygen atoms in total. The largest absolute Gasteiger partial charge is 0.395 e. The van der Waals surface area contributed by atoms with E-state index in [0.717, 1.165) is 8.26 Å². The van der Waals surface area contributed by atoms with Gasteiger partial charge in [-0.1, -0.05) is 0 Å². The lowest BCUT2D eigenvalue weighted by Gasteiger charge is -2.18. The molecule has 1 rings (SSSR count). The van der Waals surface area contributed by atoms with Gasteiger partial charge in [-0.25, -0.2) is 0 Å². The molecule has 0 spiro atoms. The molecule has 84 valence electrons. The highest BCUT2D eigenvalue weighted by molar-refractivity contribution is 9.13. The van der Waals surface area contributed by atoms with Crippen molar-refractivity contribution in [2.24, 2.45) is 0 Å². The van der Waals surface area contributed by atoms with E-state index < -0.39 is 0 Å². The van der Waals surface area contributed by atoms with Crippen molar-refractivity contribution < 1.29 is 9.90 Å². The minimum absolute atomic E-state index is 0.00665. The van der Waals surface area contributed by atoms with E-state index in [9.17, 15) is 4.79 Å². The molecule has 0 aliphatic heterocycles. The highest BCUT2D eigenvalue weighted by Gasteiger charge is 2.17. The first kappa shape index (κ1) is 13.2. The topological polar surface area (TPSA) is 40.5 Å². The van der Waals surface area contributed by atoms with Crippen molar-refractivity contribution in [1.82, 2.24) is 4.90 Å². The SMILES string of the molecule is CCN(CCO)C(=O)c1cc(Br)c(Br)s1. The average molecular weight is 357 g/mol. The van der Waals surface area contributed by atoms with Gasteiger partial charge >= 0.3 is 0 Å². The fourth-order valence-corrected chi connectivity index (χ4v) is 3.14. The van der Waals surface area contributed by atoms with Crippen molar-refractivity contribution in [2.75, 3.05) is 19.7 Å². The van der Waals surface area contributed by atoms with Gasteiger partial charge in [-0.3, -0.25) is 4.79 Å². The van der Waals surface area contributed by atoms with Crippen LogP contribution < -0.4 is 0 Å². The van der Waals surface area contributed by atoms with E-state index in [2.05, 4.69) is 31.9 Å². The fourth-order valence-electron chi connectivity index (χ4n) is 1.13. The second-order valence-corrected chi connectivity index (χ2v) is 6.07. The molecule has 0 unspecified atom stereocenters. The van der Waals surface area contributed by atoms with Crippen molar-refractivity contribution >= 4 is 49.1 Å². The second kappa shape index (κ2) is 5.98. The number of aliphatic hydroxyl groups excluding tert-OH is 1. The highest BCUT2D eigenvalue weighted by atomic mass is 79.9. The van der Waals surface area contributed by atoms with Gasteiger partial charge in [0.25, 0.3) is 5.91 Å². The number of aliphatic hydroxyl groups is 1. The van der Waals surface area contributed by atoms with Gasteiger partial charge in [0.1, 0.15) is 0 Å². The number of hydrogen-bond donors (Lipinski definition) is 1. The van der Waals surface area contributed by atoms with Gasteiger partial charge in [0.2, 0.25) is 0 Å². The van der Waals surface area contributed by atoms with Gasteiger partial charge in [-0.15, -0.1) is 11.3 Å². The molecule has 0 aliphatic rings. The number of thiophene rings is 1. The molecule has 0 bridgehead atoms. The Labute approximate surface area is 109 Å². The van der Waals surface area contributed by atoms with Crippen LogP contribution in [0.15, 0.2) is 14.3 Å². The van der Waals surface area contributed by atoms with E-state index in [0.29, 0.717) is 18.0 Å². The van der Waals surface area contributed by atoms with Crippen molar-refractivity contribution in [1.29, 1.82) is 0 Å². The Morgan fingerprint density at radius 1 is 1.60 bits per heavy atom. The molecule has 1 amide bonds. The summed E-state index contributed by atoms with van der Waals surface area (Å²) in [4.78, 5) is 14.2. The molecular formula is C9H11Br2NO2S. The molecule has 0 fully saturated rings. The maximum Gasteiger partial charge on any atom is 0.264 e. The normalized spacial score (nSPS) is 10.4. The van der Waals surface area contributed by atoms with E-state index in [1.807, 2.05) is 6.92 Å². The summed E-state index contributed by atoms with van der Waals surface area (Å²) in [6.07, 6.45) is 0. The van der Waals surface area contributed by atoms with Crippen molar-refractivity contribution in [3.05, 3.63) is 19.2 Å². The molecule has 0 radical (unpaired) electrons. The summed E-state index contributed by atoms with van der Waals surface area (Å²) in [7, 11) is 0. The number of rotatable bonds is 4. The highest BCUT2D eigenvalue weighted by Crippen LogP contribution is 2.32. The maximum atomic E-state index is 11.9. The van der Waals surface area contributed by atoms with Crippen LogP contribution in [0.5, 0.6) is 0 Å². The third-order valence-electron chi connectivity index (χ3n) is 1.89. The molecule has 0 saturated heterocycles. The predicted octanol–water partition coefficient (Wildman–Crippen LogP) is 2.73. The standard InChI is InChI=1S/C9H11Br2NO2S/c1-2-12(3-4-13)9(14)7-5-6(10)8(11)15-7/h5,13H,2-4H2,1H3. The first-order valence-electron chi connectivity index (χ1n) is 4.45. The summed E-state index contributed by atoms with van der Waals surface area (Å²) in [5.74, 6) is -0.0389. The molecule has 1 N–H and O–H groups in total. The maximum absolute atomic E-state index is 11.9. The lowest BCUT2D eigenvalue weighted by atomic mass is 10.4. The molecule has 6 heteroatoms. The van der Waals surface area contributed by atoms with Crippen LogP contribution in [0.1, 0.15) is 16.6 Å². The zero-order chi connectivity index (χ0) is 11.4. The van der Waals surface area contributed by atoms with Crippen LogP contribution in [0.3, 0.4) is 0 Å². The molecule has 15 heavy (non-hydrogen) atoms. The van der Waals surface area contributed by atoms with Gasteiger partial charge in [0, 0.05) is 17.6 Å². The molecule has 0 aromatic carbocycles. The lowest BCUT2D eigenvalue weighted by Crippen LogP contribution is -2.32. The molecule has 0 atom stereocenters. The zero-order valence-corrected chi connectivity index (χ0v) is 12.2. The molecule has 0 saturated carbocycles. The first-order chi connectivity index (χ1) is 7.10. The quantitative estimate of drug-likeness (QED) is 0.901. The number of nitrogens with zero attached hydrogens (tertiary/aromatic N) is 1. The Bertz CT molecular complexity index is 334. The Kier molecular flexibility index (Phi) is 5.25. The molecular weight excluding hydrogens is 346 g/mol. The summed E-state index contributed by atoms with van der Waals surface area (Å²) in [6.45, 7) is 2.87. The molecule has 1 aromatic rings. The van der Waals surface area contributed by atoms with Crippen LogP contribution in [0.4, 0.5) is 0 Å². The van der Waals surface area contributed by atoms with Crippen molar-refractivity contribution in [2.45, 2.75) is 6.92 Å². The monoisotopic (exact) mass is 355 g/mol. The Balaban J connectivity index is 2.82. The van der Waals surface area contributed by atoms with Gasteiger partial charge in [-0.2, -0.15) is 0 Å². The third-order valence-corrected chi connectivity index (χ3v) is 5.14. The fraction of sp³-hybridized carbons (Fsp3) is 0.444. The van der Waals surface area contributed by atoms with Crippen LogP contribution in [-0.2, 0) is 0 Å². The summed E-state index contributed by atoms with van der Waals surface area (Å²) in [5, 5.41) is 8.81. The predicted molar refractivity (Wildman–Crippen MR) is 68.4 cm³/mol. The molecule has 1 heterocycles. The first-order valence-corrected chi connectivity index (χ1v) is 6.85. The number of carbonyl (C=O) groups excluding carboxylic acids is 1. The number of carbonyl (C=O) groups is 1. The van der Waals surface area contributed by atoms with Crippen LogP contribution >= 0.6 is 43.2 Å². The Hall–Kier alpha value is 0.0900. The smallest absolute Gasteiger partial charge is 0.264 e. The summed E-state index contributed by atoms with van der Waals surface area (Å²) in [6, 6.07) is 1.79. The van der Waals surface area contributed by atoms with Crippen LogP contribution in [0, 0.1) is 0 Å². The van der Waals surface area contributed by atoms with Crippen molar-refractivity contribution in [3.8, 4) is 0 Å². The lowest BCUT2D eigenvalue weighted by molar-refractivity contribution is 0.0737. The van der Waals surface area contributed by atoms with Gasteiger partial charge in [0.05, 0.1) is 15.3 Å². The van der Waals surface area contributed by atoms with Crippen molar-refractivity contribution in [3.63, 3.8) is 0 Å². The minimum atomic E-state index is -0.0389. The van der Waals surface area contributed by atoms with E-state index in [1.54, 1.807) is 11.0 Å². The van der Waals surface area contributed by atoms with Gasteiger partial charge < -0.3 is 10.0 Å². The minimum Gasteiger partial charge on any atom is -0.395 e. The van der Waals surface area contributed by atoms with E-state index in [1.165, 1.54) is 11.3 Å². The van der Waals surface area contributed by atoms with E-state index >= 15 is 0 Å². The zero-order valence-electron chi connectivity index (χ0n) is 8.17. The number of hydrogen-bond acceptors (Lipinski definition) is 3. The van der Waals surface area contributed by atoms with E-state index in [-0.39, 0.29) is 12.5 Å². The number of likely N-dealkylation sites (N-methyl/N-ethyl adjacent to an activating group) is 1. The van der Waals surface area contributed by atoms with Gasteiger partial charge in [0.15, 0.2) is 0 Å². The number of halogens is 2. The molecule has 1 aromatic heterocycles. The number of amides is 1. The van der Waals surface area contributed by atoms with Crippen LogP contribution in [0.25, 0.3) is 0 Å². The second-order valence-electron chi connectivity index (χ2n) is 2.84. The van der Waals surface area contributed by atoms with Crippen LogP contribution in [0.2, 0.25) is 0 Å². The van der Waals surface area contributed by atoms with Gasteiger partial charge in [-0.05, 0) is 44.8 Å². The van der Waals surface area contributed by atoms with E-state index in [4.69, 9.17) is 5.11 Å². The summed E-state index contributed by atoms with van der Waals surface area (Å²) < 4.78 is 1.79. The average Bonchev–Trinajstić information content (AvgIpc) is 2.55. The molecule has 0 aliphatic carbocycles. The Morgan fingerprint density at radius 3 is 2.67 bits per heavy atom. The summed E-state index contributed by atoms with van der Waals surface area (Å²) >= 11 is 8.07. The Morgan fingerprint density at radius 2 is 2.27 bits per heavy atom. The summed E-state index contributed by atoms with van der Waals surface area (Å²) in [5.41, 5.74) is 0. The van der Waals surface area contributed by atoms with Crippen LogP contribution in [-0.4, -0.2) is 35.6 Å².